The third-order valence-electron chi connectivity index (χ3n) is 7.37. The lowest BCUT2D eigenvalue weighted by Crippen LogP contribution is -2.60. The number of likely N-dealkylation sites (tertiary alicyclic amines) is 1. The number of carbonyl (C=O) groups excluding carboxylic acids is 6. The van der Waals surface area contributed by atoms with Gasteiger partial charge in [0.15, 0.2) is 0 Å². The monoisotopic (exact) mass is 664 g/mol. The third-order valence-corrected chi connectivity index (χ3v) is 7.81. The molecule has 4 atom stereocenters. The highest BCUT2D eigenvalue weighted by Gasteiger charge is 2.43. The average molecular weight is 666 g/mol. The lowest BCUT2D eigenvalue weighted by atomic mass is 9.85. The first-order valence-electron chi connectivity index (χ1n) is 14.9. The number of hydrogen-bond donors (Lipinski definition) is 4. The molecule has 5 N–H and O–H groups in total. The first-order chi connectivity index (χ1) is 20.2. The highest BCUT2D eigenvalue weighted by atomic mass is 79.9. The van der Waals surface area contributed by atoms with E-state index in [1.807, 2.05) is 13.8 Å². The van der Waals surface area contributed by atoms with Gasteiger partial charge in [-0.2, -0.15) is 0 Å². The maximum Gasteiger partial charge on any atom is 0.316 e. The van der Waals surface area contributed by atoms with Crippen LogP contribution in [-0.2, 0) is 19.2 Å². The van der Waals surface area contributed by atoms with Crippen LogP contribution in [0, 0.1) is 11.3 Å². The Balaban J connectivity index is 0.00000316. The molecule has 0 radical (unpaired) electrons. The second kappa shape index (κ2) is 15.9. The molecule has 43 heavy (non-hydrogen) atoms. The molecule has 1 aliphatic carbocycles. The summed E-state index contributed by atoms with van der Waals surface area (Å²) in [4.78, 5) is 82.5. The van der Waals surface area contributed by atoms with Crippen molar-refractivity contribution in [3.05, 3.63) is 28.5 Å². The van der Waals surface area contributed by atoms with Gasteiger partial charge in [-0.25, -0.2) is 9.78 Å². The van der Waals surface area contributed by atoms with E-state index in [1.54, 1.807) is 45.9 Å². The Hall–Kier alpha value is -3.35. The number of rotatable bonds is 12. The topological polar surface area (TPSA) is 181 Å². The zero-order valence-corrected chi connectivity index (χ0v) is 27.5. The molecule has 0 aromatic carbocycles. The van der Waals surface area contributed by atoms with Gasteiger partial charge in [-0.15, -0.1) is 0 Å². The van der Waals surface area contributed by atoms with Gasteiger partial charge in [0.25, 0.3) is 5.91 Å². The summed E-state index contributed by atoms with van der Waals surface area (Å²) >= 11 is 3.24. The van der Waals surface area contributed by atoms with Crippen LogP contribution in [0.2, 0.25) is 0 Å². The summed E-state index contributed by atoms with van der Waals surface area (Å²) in [6, 6.07) is 0.416. The molecule has 1 aromatic heterocycles. The Morgan fingerprint density at radius 2 is 1.67 bits per heavy atom. The van der Waals surface area contributed by atoms with Gasteiger partial charge in [0.1, 0.15) is 22.4 Å². The Morgan fingerprint density at radius 3 is 2.21 bits per heavy atom. The van der Waals surface area contributed by atoms with Gasteiger partial charge < -0.3 is 26.6 Å². The predicted molar refractivity (Wildman–Crippen MR) is 165 cm³/mol. The second-order valence-corrected chi connectivity index (χ2v) is 12.6. The zero-order valence-electron chi connectivity index (χ0n) is 25.9. The number of nitrogens with zero attached hydrogens (tertiary/aromatic N) is 2. The van der Waals surface area contributed by atoms with Crippen LogP contribution in [0.1, 0.15) is 90.6 Å². The number of ketones is 2. The van der Waals surface area contributed by atoms with Crippen LogP contribution in [0.15, 0.2) is 22.8 Å². The minimum atomic E-state index is -1.11. The molecule has 2 aliphatic rings. The van der Waals surface area contributed by atoms with Gasteiger partial charge in [-0.3, -0.25) is 24.0 Å². The summed E-state index contributed by atoms with van der Waals surface area (Å²) in [5.74, 6) is -3.09. The highest BCUT2D eigenvalue weighted by Crippen LogP contribution is 2.34. The molecule has 0 spiro atoms. The van der Waals surface area contributed by atoms with Crippen LogP contribution >= 0.6 is 15.9 Å². The number of nitrogens with two attached hydrogens (primary N) is 1. The fourth-order valence-corrected chi connectivity index (χ4v) is 5.23. The van der Waals surface area contributed by atoms with Gasteiger partial charge in [-0.05, 0) is 65.1 Å². The minimum absolute atomic E-state index is 0.190. The van der Waals surface area contributed by atoms with E-state index in [0.717, 1.165) is 12.8 Å². The number of halogens is 1. The Kier molecular flexibility index (Phi) is 13.3. The number of primary amides is 1. The Morgan fingerprint density at radius 1 is 1.02 bits per heavy atom. The van der Waals surface area contributed by atoms with Crippen molar-refractivity contribution in [2.45, 2.75) is 104 Å². The summed E-state index contributed by atoms with van der Waals surface area (Å²) in [6.45, 7) is 11.4. The molecule has 1 saturated heterocycles. The number of urea groups is 1. The van der Waals surface area contributed by atoms with E-state index in [2.05, 4.69) is 36.9 Å². The molecule has 2 heterocycles. The molecule has 2 fully saturated rings. The first-order valence-corrected chi connectivity index (χ1v) is 15.7. The largest absolute Gasteiger partial charge is 0.363 e. The fraction of sp³-hybridized carbons (Fsp3) is 0.633. The minimum Gasteiger partial charge on any atom is -0.363 e. The van der Waals surface area contributed by atoms with Crippen LogP contribution in [0.4, 0.5) is 4.79 Å². The molecule has 238 valence electrons. The number of Topliss-reactive ketones (excluding diaryl/α,β-unsaturated/α-hetero) is 2. The van der Waals surface area contributed by atoms with Crippen LogP contribution in [0.5, 0.6) is 0 Å². The fourth-order valence-electron chi connectivity index (χ4n) is 4.88. The number of hydrogen-bond acceptors (Lipinski definition) is 7. The standard InChI is InChI=1S/C28H39BrN6O6.C2H6/c1-5-16(21(36)17-8-6-10-20(29)31-17)33-27(41)34-23(28(2,3)4)26(40)35-13-7-9-19(35)25(39)32-18(14-15-11-12-15)22(37)24(30)38;1-2/h6,8,10,15-16,18-19,23H,5,7,9,11-14H2,1-4H3,(H2,30,38)(H,32,39)(H2,33,34,41);1-2H3/t16?,18?,19-,23?;/m0./s1. The second-order valence-electron chi connectivity index (χ2n) is 11.7. The van der Waals surface area contributed by atoms with Crippen LogP contribution in [0.25, 0.3) is 0 Å². The molecule has 3 unspecified atom stereocenters. The molecule has 13 heteroatoms. The number of nitrogens with one attached hydrogen (secondary N) is 3. The number of amides is 5. The van der Waals surface area contributed by atoms with Crippen molar-refractivity contribution in [2.75, 3.05) is 6.54 Å². The summed E-state index contributed by atoms with van der Waals surface area (Å²) in [7, 11) is 0. The Labute approximate surface area is 261 Å². The SMILES string of the molecule is CC.CCC(NC(=O)NC(C(=O)N1CCC[C@H]1C(=O)NC(CC1CC1)C(=O)C(N)=O)C(C)(C)C)C(=O)c1cccc(Br)n1. The van der Waals surface area contributed by atoms with Crippen LogP contribution < -0.4 is 21.7 Å². The number of carbonyl (C=O) groups is 6. The maximum atomic E-state index is 13.8. The quantitative estimate of drug-likeness (QED) is 0.151. The summed E-state index contributed by atoms with van der Waals surface area (Å²) in [5, 5.41) is 8.02. The number of aromatic nitrogens is 1. The van der Waals surface area contributed by atoms with Crippen LogP contribution in [-0.4, -0.2) is 75.9 Å². The lowest BCUT2D eigenvalue weighted by Gasteiger charge is -2.36. The molecule has 0 bridgehead atoms. The molecule has 1 saturated carbocycles. The summed E-state index contributed by atoms with van der Waals surface area (Å²) in [5.41, 5.74) is 4.64. The van der Waals surface area contributed by atoms with E-state index in [4.69, 9.17) is 5.73 Å². The van der Waals surface area contributed by atoms with E-state index in [1.165, 1.54) is 4.90 Å². The van der Waals surface area contributed by atoms with Crippen molar-refractivity contribution in [3.63, 3.8) is 0 Å². The predicted octanol–water partition coefficient (Wildman–Crippen LogP) is 2.88. The molecule has 1 aliphatic heterocycles. The third kappa shape index (κ3) is 10.1. The van der Waals surface area contributed by atoms with Crippen molar-refractivity contribution in [2.24, 2.45) is 17.1 Å². The van der Waals surface area contributed by atoms with Crippen molar-refractivity contribution in [3.8, 4) is 0 Å². The molecular formula is C30H45BrN6O6. The molecule has 1 aromatic rings. The first kappa shape index (κ1) is 35.8. The molecule has 3 rings (SSSR count). The van der Waals surface area contributed by atoms with Crippen molar-refractivity contribution < 1.29 is 28.8 Å². The van der Waals surface area contributed by atoms with E-state index in [9.17, 15) is 28.8 Å². The number of pyridine rings is 1. The van der Waals surface area contributed by atoms with E-state index < -0.39 is 59.1 Å². The van der Waals surface area contributed by atoms with Crippen molar-refractivity contribution >= 4 is 51.2 Å². The Bertz CT molecular complexity index is 1200. The average Bonchev–Trinajstić information content (AvgIpc) is 3.64. The zero-order chi connectivity index (χ0) is 32.5. The maximum absolute atomic E-state index is 13.8. The molecular weight excluding hydrogens is 620 g/mol. The van der Waals surface area contributed by atoms with E-state index in [-0.39, 0.29) is 23.9 Å². The molecule has 12 nitrogen and oxygen atoms in total. The normalized spacial score (nSPS) is 18.3. The van der Waals surface area contributed by atoms with Gasteiger partial charge in [0.05, 0.1) is 12.1 Å². The summed E-state index contributed by atoms with van der Waals surface area (Å²) < 4.78 is 0.489. The molecule has 5 amide bonds. The van der Waals surface area contributed by atoms with Crippen LogP contribution in [0.3, 0.4) is 0 Å². The summed E-state index contributed by atoms with van der Waals surface area (Å²) in [6.07, 6.45) is 3.38. The lowest BCUT2D eigenvalue weighted by molar-refractivity contribution is -0.143. The van der Waals surface area contributed by atoms with E-state index in [0.29, 0.717) is 30.3 Å². The van der Waals surface area contributed by atoms with Gasteiger partial charge in [-0.1, -0.05) is 60.5 Å². The van der Waals surface area contributed by atoms with Crippen molar-refractivity contribution in [1.29, 1.82) is 0 Å². The van der Waals surface area contributed by atoms with Gasteiger partial charge in [0, 0.05) is 6.54 Å². The highest BCUT2D eigenvalue weighted by molar-refractivity contribution is 9.10. The van der Waals surface area contributed by atoms with Crippen molar-refractivity contribution in [1.82, 2.24) is 25.8 Å². The van der Waals surface area contributed by atoms with Gasteiger partial charge in [0.2, 0.25) is 23.4 Å². The van der Waals surface area contributed by atoms with Gasteiger partial charge >= 0.3 is 6.03 Å². The smallest absolute Gasteiger partial charge is 0.316 e. The van der Waals surface area contributed by atoms with E-state index >= 15 is 0 Å².